The van der Waals surface area contributed by atoms with E-state index in [4.69, 9.17) is 18.8 Å². The molecule has 4 bridgehead atoms. The molecule has 4 saturated carbocycles. The van der Waals surface area contributed by atoms with Crippen molar-refractivity contribution in [3.05, 3.63) is 0 Å². The summed E-state index contributed by atoms with van der Waals surface area (Å²) in [5, 5.41) is -4.99. The van der Waals surface area contributed by atoms with Crippen molar-refractivity contribution < 1.29 is 45.5 Å². The number of hydrogen-bond donors (Lipinski definition) is 1. The van der Waals surface area contributed by atoms with Gasteiger partial charge in [0.15, 0.2) is 6.29 Å². The summed E-state index contributed by atoms with van der Waals surface area (Å²) >= 11 is 0. The summed E-state index contributed by atoms with van der Waals surface area (Å²) in [6, 6.07) is 0. The van der Waals surface area contributed by atoms with E-state index in [9.17, 15) is 22.0 Å². The SMILES string of the molecule is CCOC(C)OC1C2CC3CC1CC(COCCOC(=O)C(F)(F)S(=O)(=O)O)(C3)C2. The molecular formula is C19H30F2O8S. The third kappa shape index (κ3) is 4.95. The van der Waals surface area contributed by atoms with E-state index in [1.54, 1.807) is 0 Å². The van der Waals surface area contributed by atoms with E-state index in [-0.39, 0.29) is 24.4 Å². The molecule has 0 saturated heterocycles. The predicted molar refractivity (Wildman–Crippen MR) is 100 cm³/mol. The van der Waals surface area contributed by atoms with Crippen LogP contribution in [0.5, 0.6) is 0 Å². The van der Waals surface area contributed by atoms with E-state index in [0.717, 1.165) is 32.1 Å². The van der Waals surface area contributed by atoms with Crippen molar-refractivity contribution in [3.8, 4) is 0 Å². The molecule has 0 heterocycles. The van der Waals surface area contributed by atoms with Gasteiger partial charge in [0.1, 0.15) is 6.61 Å². The van der Waals surface area contributed by atoms with E-state index < -0.39 is 27.9 Å². The summed E-state index contributed by atoms with van der Waals surface area (Å²) in [6.07, 6.45) is 5.18. The van der Waals surface area contributed by atoms with Gasteiger partial charge in [-0.15, -0.1) is 0 Å². The summed E-state index contributed by atoms with van der Waals surface area (Å²) in [7, 11) is -5.86. The van der Waals surface area contributed by atoms with E-state index >= 15 is 0 Å². The maximum absolute atomic E-state index is 13.1. The molecular weight excluding hydrogens is 426 g/mol. The van der Waals surface area contributed by atoms with Crippen molar-refractivity contribution in [1.82, 2.24) is 0 Å². The second-order valence-corrected chi connectivity index (χ2v) is 10.2. The Labute approximate surface area is 175 Å². The molecule has 30 heavy (non-hydrogen) atoms. The highest BCUT2D eigenvalue weighted by molar-refractivity contribution is 7.87. The summed E-state index contributed by atoms with van der Waals surface area (Å²) in [5.41, 5.74) is 0.00754. The lowest BCUT2D eigenvalue weighted by atomic mass is 9.49. The lowest BCUT2D eigenvalue weighted by Gasteiger charge is -2.59. The Bertz CT molecular complexity index is 712. The van der Waals surface area contributed by atoms with Crippen LogP contribution in [0.1, 0.15) is 46.0 Å². The Morgan fingerprint density at radius 3 is 2.40 bits per heavy atom. The second kappa shape index (κ2) is 8.93. The molecule has 4 fully saturated rings. The predicted octanol–water partition coefficient (Wildman–Crippen LogP) is 2.62. The van der Waals surface area contributed by atoms with E-state index in [2.05, 4.69) is 4.74 Å². The number of rotatable bonds is 11. The summed E-state index contributed by atoms with van der Waals surface area (Å²) in [5.74, 6) is -0.811. The summed E-state index contributed by atoms with van der Waals surface area (Å²) in [4.78, 5) is 11.2. The molecule has 0 aromatic heterocycles. The first-order chi connectivity index (χ1) is 14.0. The minimum Gasteiger partial charge on any atom is -0.458 e. The van der Waals surface area contributed by atoms with Crippen molar-refractivity contribution in [1.29, 1.82) is 0 Å². The molecule has 4 rings (SSSR count). The highest BCUT2D eigenvalue weighted by Crippen LogP contribution is 2.61. The maximum Gasteiger partial charge on any atom is 0.465 e. The number of alkyl halides is 2. The van der Waals surface area contributed by atoms with Crippen LogP contribution in [0.4, 0.5) is 8.78 Å². The first kappa shape index (κ1) is 23.8. The van der Waals surface area contributed by atoms with Gasteiger partial charge in [0, 0.05) is 6.61 Å². The van der Waals surface area contributed by atoms with Crippen molar-refractivity contribution in [2.45, 2.75) is 63.6 Å². The quantitative estimate of drug-likeness (QED) is 0.219. The first-order valence-corrected chi connectivity index (χ1v) is 11.8. The number of carbonyl (C=O) groups excluding carboxylic acids is 1. The minimum atomic E-state index is -5.86. The van der Waals surface area contributed by atoms with Gasteiger partial charge in [-0.1, -0.05) is 0 Å². The van der Waals surface area contributed by atoms with Crippen molar-refractivity contribution in [2.24, 2.45) is 23.2 Å². The summed E-state index contributed by atoms with van der Waals surface area (Å²) < 4.78 is 77.3. The molecule has 0 aromatic carbocycles. The van der Waals surface area contributed by atoms with Gasteiger partial charge < -0.3 is 18.9 Å². The zero-order valence-electron chi connectivity index (χ0n) is 17.2. The van der Waals surface area contributed by atoms with Crippen LogP contribution in [0.25, 0.3) is 0 Å². The fourth-order valence-corrected chi connectivity index (χ4v) is 5.98. The molecule has 1 N–H and O–H groups in total. The fraction of sp³-hybridized carbons (Fsp3) is 0.947. The smallest absolute Gasteiger partial charge is 0.458 e. The topological polar surface area (TPSA) is 108 Å². The van der Waals surface area contributed by atoms with Crippen molar-refractivity contribution in [2.75, 3.05) is 26.4 Å². The molecule has 4 aliphatic carbocycles. The first-order valence-electron chi connectivity index (χ1n) is 10.3. The van der Waals surface area contributed by atoms with Gasteiger partial charge >= 0.3 is 21.3 Å². The average Bonchev–Trinajstić information content (AvgIpc) is 2.63. The van der Waals surface area contributed by atoms with Gasteiger partial charge in [0.05, 0.1) is 19.3 Å². The van der Waals surface area contributed by atoms with Crippen LogP contribution in [0, 0.1) is 23.2 Å². The lowest BCUT2D eigenvalue weighted by molar-refractivity contribution is -0.236. The number of hydrogen-bond acceptors (Lipinski definition) is 7. The Morgan fingerprint density at radius 2 is 1.83 bits per heavy atom. The lowest BCUT2D eigenvalue weighted by Crippen LogP contribution is -2.56. The summed E-state index contributed by atoms with van der Waals surface area (Å²) in [6.45, 7) is 4.23. The maximum atomic E-state index is 13.1. The fourth-order valence-electron chi connectivity index (χ4n) is 5.71. The van der Waals surface area contributed by atoms with Gasteiger partial charge in [-0.25, -0.2) is 4.79 Å². The number of halogens is 2. The molecule has 0 aliphatic heterocycles. The number of esters is 1. The van der Waals surface area contributed by atoms with Crippen LogP contribution in [0.3, 0.4) is 0 Å². The zero-order valence-corrected chi connectivity index (χ0v) is 18.0. The van der Waals surface area contributed by atoms with Crippen LogP contribution in [0.2, 0.25) is 0 Å². The Balaban J connectivity index is 1.46. The molecule has 3 atom stereocenters. The van der Waals surface area contributed by atoms with Crippen LogP contribution in [0.15, 0.2) is 0 Å². The van der Waals surface area contributed by atoms with E-state index in [0.29, 0.717) is 31.0 Å². The molecule has 8 nitrogen and oxygen atoms in total. The van der Waals surface area contributed by atoms with E-state index in [1.807, 2.05) is 13.8 Å². The van der Waals surface area contributed by atoms with Gasteiger partial charge in [0.25, 0.3) is 0 Å². The molecule has 3 unspecified atom stereocenters. The second-order valence-electron chi connectivity index (χ2n) is 8.77. The molecule has 11 heteroatoms. The Morgan fingerprint density at radius 1 is 1.20 bits per heavy atom. The molecule has 0 spiro atoms. The third-order valence-electron chi connectivity index (χ3n) is 6.49. The Hall–Kier alpha value is -0.880. The van der Waals surface area contributed by atoms with Crippen LogP contribution in [-0.2, 0) is 33.9 Å². The monoisotopic (exact) mass is 456 g/mol. The molecule has 0 amide bonds. The van der Waals surface area contributed by atoms with Crippen molar-refractivity contribution >= 4 is 16.1 Å². The molecule has 174 valence electrons. The average molecular weight is 457 g/mol. The highest BCUT2D eigenvalue weighted by atomic mass is 32.2. The van der Waals surface area contributed by atoms with Gasteiger partial charge in [-0.2, -0.15) is 17.2 Å². The number of ether oxygens (including phenoxy) is 4. The van der Waals surface area contributed by atoms with Crippen LogP contribution in [-0.4, -0.2) is 63.0 Å². The molecule has 0 aromatic rings. The molecule has 4 aliphatic rings. The third-order valence-corrected chi connectivity index (χ3v) is 7.31. The van der Waals surface area contributed by atoms with Gasteiger partial charge in [-0.3, -0.25) is 4.55 Å². The van der Waals surface area contributed by atoms with Gasteiger partial charge in [-0.05, 0) is 69.1 Å². The number of carbonyl (C=O) groups is 1. The standard InChI is InChI=1S/C19H30F2O8S/c1-3-27-12(2)29-16-14-6-13-7-15(16)10-18(8-13,9-14)11-26-4-5-28-17(22)19(20,21)30(23,24)25/h12-16H,3-11H2,1-2H3,(H,23,24,25). The van der Waals surface area contributed by atoms with Crippen LogP contribution < -0.4 is 0 Å². The minimum absolute atomic E-state index is 0.00754. The van der Waals surface area contributed by atoms with Gasteiger partial charge in [0.2, 0.25) is 0 Å². The van der Waals surface area contributed by atoms with E-state index in [1.165, 1.54) is 0 Å². The Kier molecular flexibility index (Phi) is 7.08. The zero-order chi connectivity index (χ0) is 22.2. The highest BCUT2D eigenvalue weighted by Gasteiger charge is 2.56. The normalized spacial score (nSPS) is 34.2. The molecule has 0 radical (unpaired) electrons. The largest absolute Gasteiger partial charge is 0.465 e. The van der Waals surface area contributed by atoms with Crippen molar-refractivity contribution in [3.63, 3.8) is 0 Å². The van der Waals surface area contributed by atoms with Crippen LogP contribution >= 0.6 is 0 Å².